The summed E-state index contributed by atoms with van der Waals surface area (Å²) in [5.41, 5.74) is -3.18. The van der Waals surface area contributed by atoms with Crippen LogP contribution in [0.4, 0.5) is 17.1 Å². The van der Waals surface area contributed by atoms with Gasteiger partial charge in [0.05, 0.1) is 20.8 Å². The number of azo groups is 1. The fourth-order valence-electron chi connectivity index (χ4n) is 1.07. The summed E-state index contributed by atoms with van der Waals surface area (Å²) >= 11 is 0. The van der Waals surface area contributed by atoms with Crippen molar-refractivity contribution in [3.05, 3.63) is 48.5 Å². The number of nitro benzene ring substituents is 2. The molecule has 0 heterocycles. The van der Waals surface area contributed by atoms with E-state index in [9.17, 15) is 30.3 Å². The maximum absolute atomic E-state index is 10.8. The zero-order chi connectivity index (χ0) is 15.5. The Balaban J connectivity index is 3.26. The number of nitrogens with zero attached hydrogens (tertiary/aromatic N) is 5. The molecule has 0 radical (unpaired) electrons. The molecule has 106 valence electrons. The summed E-state index contributed by atoms with van der Waals surface area (Å²) in [6.07, 6.45) is 0. The zero-order valence-corrected chi connectivity index (χ0v) is 10.4. The van der Waals surface area contributed by atoms with E-state index in [1.807, 2.05) is 0 Å². The summed E-state index contributed by atoms with van der Waals surface area (Å²) in [5, 5.41) is 38.8. The maximum Gasteiger partial charge on any atom is 0.324 e. The number of benzene rings is 1. The van der Waals surface area contributed by atoms with Gasteiger partial charge in [-0.2, -0.15) is 0 Å². The van der Waals surface area contributed by atoms with Crippen LogP contribution in [0.15, 0.2) is 28.4 Å². The van der Waals surface area contributed by atoms with Crippen LogP contribution >= 0.6 is 0 Å². The van der Waals surface area contributed by atoms with Crippen molar-refractivity contribution >= 4 is 17.1 Å². The first-order valence-corrected chi connectivity index (χ1v) is 5.15. The zero-order valence-electron chi connectivity index (χ0n) is 10.4. The van der Waals surface area contributed by atoms with Crippen molar-refractivity contribution in [3.8, 4) is 0 Å². The van der Waals surface area contributed by atoms with Gasteiger partial charge in [-0.3, -0.25) is 30.3 Å². The van der Waals surface area contributed by atoms with Gasteiger partial charge in [0.2, 0.25) is 0 Å². The first-order valence-electron chi connectivity index (χ1n) is 5.15. The van der Waals surface area contributed by atoms with E-state index in [1.54, 1.807) is 0 Å². The lowest BCUT2D eigenvalue weighted by Gasteiger charge is -2.07. The molecule has 0 bridgehead atoms. The van der Waals surface area contributed by atoms with Gasteiger partial charge < -0.3 is 0 Å². The van der Waals surface area contributed by atoms with Crippen molar-refractivity contribution in [3.63, 3.8) is 0 Å². The molecule has 1 aromatic carbocycles. The van der Waals surface area contributed by atoms with Crippen molar-refractivity contribution < 1.29 is 14.8 Å². The maximum atomic E-state index is 10.8. The molecular weight excluding hydrogens is 274 g/mol. The Labute approximate surface area is 111 Å². The number of nitro groups is 3. The molecule has 0 fully saturated rings. The number of hydrogen-bond donors (Lipinski definition) is 0. The monoisotopic (exact) mass is 283 g/mol. The molecular formula is C9H9N5O6. The van der Waals surface area contributed by atoms with E-state index in [0.717, 1.165) is 26.0 Å². The highest BCUT2D eigenvalue weighted by Crippen LogP contribution is 2.32. The summed E-state index contributed by atoms with van der Waals surface area (Å²) in [6, 6.07) is 2.73. The van der Waals surface area contributed by atoms with Gasteiger partial charge in [0.1, 0.15) is 0 Å². The predicted molar refractivity (Wildman–Crippen MR) is 65.3 cm³/mol. The van der Waals surface area contributed by atoms with Gasteiger partial charge in [-0.25, -0.2) is 0 Å². The van der Waals surface area contributed by atoms with Gasteiger partial charge in [-0.1, -0.05) is 0 Å². The van der Waals surface area contributed by atoms with E-state index in [2.05, 4.69) is 10.2 Å². The molecule has 0 N–H and O–H groups in total. The molecule has 1 aromatic rings. The Bertz CT molecular complexity index is 611. The van der Waals surface area contributed by atoms with E-state index < -0.39 is 31.8 Å². The van der Waals surface area contributed by atoms with Crippen LogP contribution in [0, 0.1) is 30.3 Å². The van der Waals surface area contributed by atoms with E-state index >= 15 is 0 Å². The topological polar surface area (TPSA) is 154 Å². The number of rotatable bonds is 5. The van der Waals surface area contributed by atoms with Crippen LogP contribution in [0.2, 0.25) is 0 Å². The minimum atomic E-state index is -1.75. The summed E-state index contributed by atoms with van der Waals surface area (Å²) in [6.45, 7) is 2.32. The van der Waals surface area contributed by atoms with Crippen LogP contribution in [0.5, 0.6) is 0 Å². The molecule has 0 aliphatic rings. The molecule has 20 heavy (non-hydrogen) atoms. The molecule has 0 amide bonds. The fraction of sp³-hybridized carbons (Fsp3) is 0.333. The Kier molecular flexibility index (Phi) is 4.02. The summed E-state index contributed by atoms with van der Waals surface area (Å²) in [4.78, 5) is 29.6. The highest BCUT2D eigenvalue weighted by molar-refractivity contribution is 5.61. The lowest BCUT2D eigenvalue weighted by Crippen LogP contribution is -2.27. The quantitative estimate of drug-likeness (QED) is 0.459. The van der Waals surface area contributed by atoms with Crippen LogP contribution in [-0.2, 0) is 0 Å². The highest BCUT2D eigenvalue weighted by atomic mass is 16.6. The molecule has 0 unspecified atom stereocenters. The van der Waals surface area contributed by atoms with Crippen LogP contribution in [0.3, 0.4) is 0 Å². The third-order valence-electron chi connectivity index (χ3n) is 2.22. The van der Waals surface area contributed by atoms with Crippen molar-refractivity contribution in [2.75, 3.05) is 0 Å². The van der Waals surface area contributed by atoms with Crippen molar-refractivity contribution in [1.82, 2.24) is 0 Å². The molecule has 0 spiro atoms. The smallest absolute Gasteiger partial charge is 0.262 e. The van der Waals surface area contributed by atoms with Crippen LogP contribution in [0.1, 0.15) is 13.8 Å². The van der Waals surface area contributed by atoms with Gasteiger partial charge in [0, 0.05) is 19.9 Å². The van der Waals surface area contributed by atoms with Crippen LogP contribution < -0.4 is 0 Å². The highest BCUT2D eigenvalue weighted by Gasteiger charge is 2.30. The van der Waals surface area contributed by atoms with Crippen LogP contribution in [-0.4, -0.2) is 20.4 Å². The van der Waals surface area contributed by atoms with Crippen molar-refractivity contribution in [2.24, 2.45) is 10.2 Å². The molecule has 0 aliphatic carbocycles. The summed E-state index contributed by atoms with van der Waals surface area (Å²) < 4.78 is 0. The Hall–Kier alpha value is -2.98. The largest absolute Gasteiger partial charge is 0.324 e. The van der Waals surface area contributed by atoms with Gasteiger partial charge in [0.25, 0.3) is 5.69 Å². The summed E-state index contributed by atoms with van der Waals surface area (Å²) in [5.74, 6) is 0. The van der Waals surface area contributed by atoms with Crippen molar-refractivity contribution in [2.45, 2.75) is 19.5 Å². The predicted octanol–water partition coefficient (Wildman–Crippen LogP) is 2.60. The Morgan fingerprint density at radius 3 is 2.10 bits per heavy atom. The van der Waals surface area contributed by atoms with Crippen molar-refractivity contribution in [1.29, 1.82) is 0 Å². The molecule has 0 aliphatic heterocycles. The Morgan fingerprint density at radius 2 is 1.65 bits per heavy atom. The van der Waals surface area contributed by atoms with Gasteiger partial charge in [0.15, 0.2) is 5.69 Å². The number of non-ortho nitro benzene ring substituents is 1. The first-order chi connectivity index (χ1) is 9.15. The second-order valence-corrected chi connectivity index (χ2v) is 4.14. The third-order valence-corrected chi connectivity index (χ3v) is 2.22. The molecule has 1 rings (SSSR count). The second kappa shape index (κ2) is 5.34. The SMILES string of the molecule is CC(C)(N=Nc1ccc([N+](=O)[O-])cc1[N+](=O)[O-])[N+](=O)[O-]. The standard InChI is InChI=1S/C9H9N5O6/c1-9(2,14(19)20)11-10-7-4-3-6(12(15)16)5-8(7)13(17)18/h3-5H,1-2H3. The van der Waals surface area contributed by atoms with Gasteiger partial charge >= 0.3 is 11.4 Å². The third kappa shape index (κ3) is 3.28. The minimum absolute atomic E-state index is 0.296. The lowest BCUT2D eigenvalue weighted by atomic mass is 10.2. The van der Waals surface area contributed by atoms with Gasteiger partial charge in [-0.15, -0.1) is 10.2 Å². The van der Waals surface area contributed by atoms with Gasteiger partial charge in [-0.05, 0) is 6.07 Å². The molecule has 0 atom stereocenters. The first kappa shape index (κ1) is 15.1. The molecule has 11 heteroatoms. The molecule has 11 nitrogen and oxygen atoms in total. The van der Waals surface area contributed by atoms with E-state index in [-0.39, 0.29) is 5.69 Å². The molecule has 0 saturated carbocycles. The normalized spacial score (nSPS) is 11.5. The van der Waals surface area contributed by atoms with E-state index in [0.29, 0.717) is 6.07 Å². The average Bonchev–Trinajstić information content (AvgIpc) is 2.35. The average molecular weight is 283 g/mol. The minimum Gasteiger partial charge on any atom is -0.262 e. The van der Waals surface area contributed by atoms with Crippen LogP contribution in [0.25, 0.3) is 0 Å². The molecule has 0 saturated heterocycles. The summed E-state index contributed by atoms with van der Waals surface area (Å²) in [7, 11) is 0. The molecule has 0 aromatic heterocycles. The Morgan fingerprint density at radius 1 is 1.05 bits per heavy atom. The second-order valence-electron chi connectivity index (χ2n) is 4.14. The fourth-order valence-corrected chi connectivity index (χ4v) is 1.07. The number of hydrogen-bond acceptors (Lipinski definition) is 8. The lowest BCUT2D eigenvalue weighted by molar-refractivity contribution is -0.559. The van der Waals surface area contributed by atoms with E-state index in [4.69, 9.17) is 0 Å². The van der Waals surface area contributed by atoms with E-state index in [1.165, 1.54) is 0 Å².